The second kappa shape index (κ2) is 14.4. The van der Waals surface area contributed by atoms with Crippen molar-refractivity contribution in [1.82, 2.24) is 4.90 Å². The van der Waals surface area contributed by atoms with Crippen LogP contribution in [0.25, 0.3) is 0 Å². The molecule has 0 unspecified atom stereocenters. The van der Waals surface area contributed by atoms with Crippen molar-refractivity contribution in [2.45, 2.75) is 44.5 Å². The third-order valence-electron chi connectivity index (χ3n) is 10.6. The minimum Gasteiger partial charge on any atom is -0.454 e. The lowest BCUT2D eigenvalue weighted by atomic mass is 9.83. The zero-order chi connectivity index (χ0) is 37.6. The van der Waals surface area contributed by atoms with Crippen molar-refractivity contribution in [2.75, 3.05) is 16.4 Å². The molecule has 3 aliphatic heterocycles. The van der Waals surface area contributed by atoms with E-state index in [1.165, 1.54) is 0 Å². The van der Waals surface area contributed by atoms with Crippen molar-refractivity contribution in [2.24, 2.45) is 5.92 Å². The molecule has 0 spiro atoms. The first-order chi connectivity index (χ1) is 26.2. The van der Waals surface area contributed by atoms with Crippen LogP contribution in [-0.4, -0.2) is 45.5 Å². The minimum absolute atomic E-state index is 0.0585. The Bertz CT molecular complexity index is 2330. The number of ether oxygens (including phenoxy) is 1. The number of benzene rings is 5. The van der Waals surface area contributed by atoms with Gasteiger partial charge in [-0.1, -0.05) is 95.7 Å². The molecule has 0 radical (unpaired) electrons. The number of halogens is 1. The number of aliphatic hydroxyl groups is 2. The average Bonchev–Trinajstić information content (AvgIpc) is 3.31. The first-order valence-electron chi connectivity index (χ1n) is 17.9. The molecule has 5 aromatic rings. The highest BCUT2D eigenvalue weighted by molar-refractivity contribution is 9.10. The highest BCUT2D eigenvalue weighted by Gasteiger charge is 2.52. The zero-order valence-electron chi connectivity index (χ0n) is 29.6. The number of fused-ring (bicyclic) bond motifs is 4. The van der Waals surface area contributed by atoms with Crippen LogP contribution in [0.2, 0.25) is 0 Å². The first kappa shape index (κ1) is 35.5. The van der Waals surface area contributed by atoms with Crippen LogP contribution in [0.3, 0.4) is 0 Å². The number of nitrogens with zero attached hydrogens (tertiary/aromatic N) is 3. The summed E-state index contributed by atoms with van der Waals surface area (Å²) in [4.78, 5) is 46.8. The number of aliphatic hydroxyl groups excluding tert-OH is 1. The molecule has 3 aliphatic rings. The van der Waals surface area contributed by atoms with Gasteiger partial charge in [0, 0.05) is 34.6 Å². The molecule has 0 saturated carbocycles. The average molecular weight is 785 g/mol. The van der Waals surface area contributed by atoms with E-state index in [1.54, 1.807) is 58.0 Å². The van der Waals surface area contributed by atoms with Gasteiger partial charge in [0.1, 0.15) is 5.75 Å². The minimum atomic E-state index is -1.91. The fourth-order valence-electron chi connectivity index (χ4n) is 7.79. The fourth-order valence-corrected chi connectivity index (χ4v) is 8.15. The standard InChI is InChI=1S/C44H38BrN3O6/c1-28(10-8-19-41(50)46-26-31-13-3-2-12-30(31)23-34(46)27-49)44(53)36-24-32(45)20-21-37(36)47(43(44)52)25-29-11-9-14-33(22-29)48-38-16-5-7-18-40(38)54-39-17-6-4-15-35(39)42(48)51/h2-18,20-22,24,28,34,49,53H,19,23,25-27H2,1H3/b10-8+/t28-,34+,44+/m1/s1. The van der Waals surface area contributed by atoms with E-state index in [0.717, 1.165) is 16.7 Å². The third kappa shape index (κ3) is 6.20. The van der Waals surface area contributed by atoms with Crippen LogP contribution in [0.15, 0.2) is 132 Å². The molecule has 3 atom stereocenters. The summed E-state index contributed by atoms with van der Waals surface area (Å²) in [5.41, 5.74) is 3.69. The van der Waals surface area contributed by atoms with E-state index in [4.69, 9.17) is 4.74 Å². The van der Waals surface area contributed by atoms with Crippen LogP contribution in [-0.2, 0) is 34.7 Å². The summed E-state index contributed by atoms with van der Waals surface area (Å²) in [6.07, 6.45) is 4.07. The molecular weight excluding hydrogens is 746 g/mol. The second-order valence-corrected chi connectivity index (χ2v) is 14.9. The molecule has 10 heteroatoms. The van der Waals surface area contributed by atoms with E-state index in [2.05, 4.69) is 15.9 Å². The van der Waals surface area contributed by atoms with Gasteiger partial charge in [-0.2, -0.15) is 0 Å². The largest absolute Gasteiger partial charge is 0.454 e. The summed E-state index contributed by atoms with van der Waals surface area (Å²) in [5.74, 6) is -0.552. The number of amides is 3. The SMILES string of the molecule is C[C@H](/C=C/CC(=O)N1Cc2ccccc2C[C@H]1CO)[C@@]1(O)C(=O)N(Cc2cccc(N3C(=O)c4ccccc4Oc4ccccc43)c2)c2ccc(Br)cc21. The molecule has 5 aromatic carbocycles. The molecule has 0 saturated heterocycles. The quantitative estimate of drug-likeness (QED) is 0.156. The van der Waals surface area contributed by atoms with Crippen molar-refractivity contribution < 1.29 is 29.3 Å². The van der Waals surface area contributed by atoms with E-state index in [-0.39, 0.29) is 37.4 Å². The van der Waals surface area contributed by atoms with Crippen molar-refractivity contribution in [3.05, 3.63) is 160 Å². The number of hydrogen-bond donors (Lipinski definition) is 2. The van der Waals surface area contributed by atoms with Gasteiger partial charge in [0.25, 0.3) is 11.8 Å². The second-order valence-electron chi connectivity index (χ2n) is 13.9. The van der Waals surface area contributed by atoms with Gasteiger partial charge in [-0.3, -0.25) is 19.3 Å². The number of carbonyl (C=O) groups excluding carboxylic acids is 3. The maximum absolute atomic E-state index is 14.4. The van der Waals surface area contributed by atoms with Gasteiger partial charge in [-0.25, -0.2) is 0 Å². The molecule has 54 heavy (non-hydrogen) atoms. The molecule has 0 aromatic heterocycles. The Hall–Kier alpha value is -5.55. The van der Waals surface area contributed by atoms with Crippen LogP contribution < -0.4 is 14.5 Å². The maximum Gasteiger partial charge on any atom is 0.266 e. The summed E-state index contributed by atoms with van der Waals surface area (Å²) in [6, 6.07) is 35.0. The molecule has 3 amide bonds. The summed E-state index contributed by atoms with van der Waals surface area (Å²) >= 11 is 3.53. The van der Waals surface area contributed by atoms with Gasteiger partial charge in [-0.15, -0.1) is 0 Å². The van der Waals surface area contributed by atoms with Crippen molar-refractivity contribution in [3.8, 4) is 11.5 Å². The highest BCUT2D eigenvalue weighted by atomic mass is 79.9. The smallest absolute Gasteiger partial charge is 0.266 e. The maximum atomic E-state index is 14.4. The number of carbonyl (C=O) groups is 3. The summed E-state index contributed by atoms with van der Waals surface area (Å²) < 4.78 is 6.89. The molecular formula is C44H38BrN3O6. The predicted octanol–water partition coefficient (Wildman–Crippen LogP) is 7.80. The fraction of sp³-hybridized carbons (Fsp3) is 0.205. The van der Waals surface area contributed by atoms with Crippen molar-refractivity contribution in [1.29, 1.82) is 0 Å². The Morgan fingerprint density at radius 3 is 2.46 bits per heavy atom. The van der Waals surface area contributed by atoms with Gasteiger partial charge < -0.3 is 24.7 Å². The van der Waals surface area contributed by atoms with Crippen molar-refractivity contribution >= 4 is 50.7 Å². The lowest BCUT2D eigenvalue weighted by molar-refractivity contribution is -0.139. The first-order valence-corrected chi connectivity index (χ1v) is 18.7. The normalized spacial score (nSPS) is 19.5. The molecule has 0 fully saturated rings. The summed E-state index contributed by atoms with van der Waals surface area (Å²) in [5, 5.41) is 22.4. The van der Waals surface area contributed by atoms with E-state index >= 15 is 0 Å². The third-order valence-corrected chi connectivity index (χ3v) is 11.1. The van der Waals surface area contributed by atoms with Gasteiger partial charge in [0.05, 0.1) is 36.1 Å². The summed E-state index contributed by atoms with van der Waals surface area (Å²) in [6.45, 7) is 2.18. The monoisotopic (exact) mass is 783 g/mol. The van der Waals surface area contributed by atoms with Gasteiger partial charge in [0.2, 0.25) is 5.91 Å². The number of hydrogen-bond acceptors (Lipinski definition) is 6. The highest BCUT2D eigenvalue weighted by Crippen LogP contribution is 2.47. The van der Waals surface area contributed by atoms with Crippen LogP contribution in [0.4, 0.5) is 17.1 Å². The topological polar surface area (TPSA) is 111 Å². The Labute approximate surface area is 321 Å². The molecule has 8 rings (SSSR count). The van der Waals surface area contributed by atoms with E-state index in [1.807, 2.05) is 91.0 Å². The molecule has 0 aliphatic carbocycles. The van der Waals surface area contributed by atoms with Crippen LogP contribution in [0, 0.1) is 5.92 Å². The summed E-state index contributed by atoms with van der Waals surface area (Å²) in [7, 11) is 0. The van der Waals surface area contributed by atoms with E-state index in [0.29, 0.717) is 57.1 Å². The number of rotatable bonds is 8. The number of para-hydroxylation sites is 3. The molecule has 9 nitrogen and oxygen atoms in total. The van der Waals surface area contributed by atoms with E-state index < -0.39 is 17.4 Å². The number of anilines is 3. The molecule has 272 valence electrons. The Morgan fingerprint density at radius 2 is 1.65 bits per heavy atom. The van der Waals surface area contributed by atoms with Gasteiger partial charge in [-0.05, 0) is 77.7 Å². The van der Waals surface area contributed by atoms with Gasteiger partial charge in [0.15, 0.2) is 11.4 Å². The molecule has 2 N–H and O–H groups in total. The van der Waals surface area contributed by atoms with Crippen LogP contribution in [0.1, 0.15) is 46.0 Å². The molecule has 0 bridgehead atoms. The predicted molar refractivity (Wildman–Crippen MR) is 210 cm³/mol. The lowest BCUT2D eigenvalue weighted by Crippen LogP contribution is -2.46. The Balaban J connectivity index is 1.05. The van der Waals surface area contributed by atoms with Crippen LogP contribution in [0.5, 0.6) is 11.5 Å². The van der Waals surface area contributed by atoms with E-state index in [9.17, 15) is 24.6 Å². The van der Waals surface area contributed by atoms with Gasteiger partial charge >= 0.3 is 0 Å². The Kier molecular flexibility index (Phi) is 9.43. The molecule has 3 heterocycles. The lowest BCUT2D eigenvalue weighted by Gasteiger charge is -2.36. The van der Waals surface area contributed by atoms with Crippen LogP contribution >= 0.6 is 15.9 Å². The van der Waals surface area contributed by atoms with Crippen molar-refractivity contribution in [3.63, 3.8) is 0 Å². The zero-order valence-corrected chi connectivity index (χ0v) is 31.1. The Morgan fingerprint density at radius 1 is 0.907 bits per heavy atom.